The Morgan fingerprint density at radius 1 is 0.892 bits per heavy atom. The number of imidazole rings is 1. The molecule has 3 aromatic carbocycles. The van der Waals surface area contributed by atoms with Crippen LogP contribution in [0.4, 0.5) is 0 Å². The minimum atomic E-state index is -0.204. The highest BCUT2D eigenvalue weighted by Crippen LogP contribution is 2.30. The second-order valence-corrected chi connectivity index (χ2v) is 10.7. The third kappa shape index (κ3) is 6.11. The lowest BCUT2D eigenvalue weighted by Gasteiger charge is -2.33. The second kappa shape index (κ2) is 11.7. The van der Waals surface area contributed by atoms with Crippen LogP contribution in [0.3, 0.4) is 0 Å². The number of piperidine rings is 1. The van der Waals surface area contributed by atoms with Gasteiger partial charge < -0.3 is 9.88 Å². The molecule has 1 fully saturated rings. The Morgan fingerprint density at radius 2 is 1.57 bits per heavy atom. The van der Waals surface area contributed by atoms with Gasteiger partial charge in [0.05, 0.1) is 17.1 Å². The number of aromatic amines is 1. The molecule has 0 aliphatic carbocycles. The molecule has 2 heterocycles. The minimum Gasteiger partial charge on any atom is -0.340 e. The van der Waals surface area contributed by atoms with Gasteiger partial charge in [0, 0.05) is 25.1 Å². The molecule has 1 aromatic heterocycles. The van der Waals surface area contributed by atoms with Crippen molar-refractivity contribution < 1.29 is 4.79 Å². The molecule has 4 aromatic rings. The van der Waals surface area contributed by atoms with Gasteiger partial charge in [0.15, 0.2) is 0 Å². The first-order valence-electron chi connectivity index (χ1n) is 13.7. The maximum Gasteiger partial charge on any atom is 0.254 e. The van der Waals surface area contributed by atoms with Gasteiger partial charge in [-0.1, -0.05) is 74.9 Å². The Morgan fingerprint density at radius 3 is 2.30 bits per heavy atom. The van der Waals surface area contributed by atoms with Gasteiger partial charge in [-0.15, -0.1) is 0 Å². The molecule has 37 heavy (non-hydrogen) atoms. The number of aromatic nitrogens is 2. The van der Waals surface area contributed by atoms with Gasteiger partial charge in [0.1, 0.15) is 5.82 Å². The third-order valence-corrected chi connectivity index (χ3v) is 7.32. The maximum atomic E-state index is 14.0. The lowest BCUT2D eigenvalue weighted by molar-refractivity contribution is 0.0639. The molecule has 0 radical (unpaired) electrons. The molecule has 1 aliphatic rings. The molecule has 0 saturated carbocycles. The number of rotatable bonds is 9. The van der Waals surface area contributed by atoms with Gasteiger partial charge in [-0.3, -0.25) is 9.69 Å². The Kier molecular flexibility index (Phi) is 8.00. The first-order chi connectivity index (χ1) is 18.1. The fourth-order valence-corrected chi connectivity index (χ4v) is 5.45. The summed E-state index contributed by atoms with van der Waals surface area (Å²) >= 11 is 0. The fraction of sp³-hybridized carbons (Fsp3) is 0.375. The van der Waals surface area contributed by atoms with Crippen molar-refractivity contribution in [1.82, 2.24) is 19.8 Å². The summed E-state index contributed by atoms with van der Waals surface area (Å²) in [6, 6.07) is 26.3. The van der Waals surface area contributed by atoms with Crippen molar-refractivity contribution in [1.29, 1.82) is 0 Å². The molecule has 0 spiro atoms. The molecule has 1 aliphatic heterocycles. The van der Waals surface area contributed by atoms with Crippen molar-refractivity contribution >= 4 is 16.9 Å². The van der Waals surface area contributed by atoms with E-state index in [1.54, 1.807) is 0 Å². The van der Waals surface area contributed by atoms with Crippen molar-refractivity contribution in [3.8, 4) is 0 Å². The molecule has 5 nitrogen and oxygen atoms in total. The molecule has 0 bridgehead atoms. The van der Waals surface area contributed by atoms with Crippen LogP contribution in [0.2, 0.25) is 0 Å². The third-order valence-electron chi connectivity index (χ3n) is 7.32. The maximum absolute atomic E-state index is 14.0. The summed E-state index contributed by atoms with van der Waals surface area (Å²) in [6.45, 7) is 8.28. The van der Waals surface area contributed by atoms with E-state index in [4.69, 9.17) is 4.98 Å². The van der Waals surface area contributed by atoms with E-state index < -0.39 is 0 Å². The fourth-order valence-electron chi connectivity index (χ4n) is 5.45. The zero-order valence-corrected chi connectivity index (χ0v) is 22.1. The summed E-state index contributed by atoms with van der Waals surface area (Å²) in [7, 11) is 0. The molecule has 1 atom stereocenters. The number of H-pyrrole nitrogens is 1. The SMILES string of the molecule is CC(C)CN(C(=O)c1ccccc1)C(Cc1ccccc1CN1CCCCC1)c1nc2ccccc2[nH]1. The van der Waals surface area contributed by atoms with Crippen molar-refractivity contribution in [2.75, 3.05) is 19.6 Å². The van der Waals surface area contributed by atoms with E-state index in [9.17, 15) is 4.79 Å². The number of nitrogens with one attached hydrogen (secondary N) is 1. The average Bonchev–Trinajstić information content (AvgIpc) is 3.36. The summed E-state index contributed by atoms with van der Waals surface area (Å²) in [4.78, 5) is 27.1. The van der Waals surface area contributed by atoms with Crippen molar-refractivity contribution in [2.45, 2.75) is 52.1 Å². The smallest absolute Gasteiger partial charge is 0.254 e. The normalized spacial score (nSPS) is 15.2. The van der Waals surface area contributed by atoms with Gasteiger partial charge in [0.2, 0.25) is 0 Å². The topological polar surface area (TPSA) is 52.2 Å². The number of benzene rings is 3. The van der Waals surface area contributed by atoms with Gasteiger partial charge in [-0.05, 0) is 67.2 Å². The van der Waals surface area contributed by atoms with Crippen LogP contribution in [-0.2, 0) is 13.0 Å². The Labute approximate surface area is 220 Å². The van der Waals surface area contributed by atoms with Crippen LogP contribution < -0.4 is 0 Å². The number of hydrogen-bond donors (Lipinski definition) is 1. The van der Waals surface area contributed by atoms with Crippen LogP contribution in [0.15, 0.2) is 78.9 Å². The van der Waals surface area contributed by atoms with Crippen LogP contribution in [0.25, 0.3) is 11.0 Å². The number of carbonyl (C=O) groups excluding carboxylic acids is 1. The number of likely N-dealkylation sites (tertiary alicyclic amines) is 1. The molecular weight excluding hydrogens is 456 g/mol. The molecular formula is C32H38N4O. The second-order valence-electron chi connectivity index (χ2n) is 10.7. The predicted octanol–water partition coefficient (Wildman–Crippen LogP) is 6.63. The van der Waals surface area contributed by atoms with Gasteiger partial charge >= 0.3 is 0 Å². The highest BCUT2D eigenvalue weighted by molar-refractivity contribution is 5.94. The zero-order valence-electron chi connectivity index (χ0n) is 22.1. The highest BCUT2D eigenvalue weighted by atomic mass is 16.2. The quantitative estimate of drug-likeness (QED) is 0.284. The average molecular weight is 495 g/mol. The van der Waals surface area contributed by atoms with Crippen LogP contribution >= 0.6 is 0 Å². The van der Waals surface area contributed by atoms with Crippen molar-refractivity contribution in [3.63, 3.8) is 0 Å². The van der Waals surface area contributed by atoms with Crippen LogP contribution in [0, 0.1) is 5.92 Å². The van der Waals surface area contributed by atoms with E-state index in [0.717, 1.165) is 42.9 Å². The molecule has 5 rings (SSSR count). The number of hydrogen-bond acceptors (Lipinski definition) is 3. The number of carbonyl (C=O) groups is 1. The van der Waals surface area contributed by atoms with E-state index in [-0.39, 0.29) is 11.9 Å². The first kappa shape index (κ1) is 25.2. The summed E-state index contributed by atoms with van der Waals surface area (Å²) in [6.07, 6.45) is 4.60. The zero-order chi connectivity index (χ0) is 25.6. The van der Waals surface area contributed by atoms with Gasteiger partial charge in [0.25, 0.3) is 5.91 Å². The van der Waals surface area contributed by atoms with E-state index >= 15 is 0 Å². The largest absolute Gasteiger partial charge is 0.340 e. The van der Waals surface area contributed by atoms with Crippen LogP contribution in [0.1, 0.15) is 66.5 Å². The monoisotopic (exact) mass is 494 g/mol. The summed E-state index contributed by atoms with van der Waals surface area (Å²) < 4.78 is 0. The molecule has 1 unspecified atom stereocenters. The number of nitrogens with zero attached hydrogens (tertiary/aromatic N) is 3. The number of para-hydroxylation sites is 2. The Balaban J connectivity index is 1.54. The van der Waals surface area contributed by atoms with E-state index in [1.165, 1.54) is 30.4 Å². The first-order valence-corrected chi connectivity index (χ1v) is 13.7. The lowest BCUT2D eigenvalue weighted by Crippen LogP contribution is -2.39. The van der Waals surface area contributed by atoms with Crippen LogP contribution in [0.5, 0.6) is 0 Å². The molecule has 1 amide bonds. The van der Waals surface area contributed by atoms with Crippen molar-refractivity contribution in [2.24, 2.45) is 5.92 Å². The van der Waals surface area contributed by atoms with Gasteiger partial charge in [-0.2, -0.15) is 0 Å². The molecule has 1 N–H and O–H groups in total. The van der Waals surface area contributed by atoms with E-state index in [0.29, 0.717) is 18.0 Å². The summed E-state index contributed by atoms with van der Waals surface area (Å²) in [5.74, 6) is 1.22. The summed E-state index contributed by atoms with van der Waals surface area (Å²) in [5.41, 5.74) is 5.28. The number of fused-ring (bicyclic) bond motifs is 1. The molecule has 1 saturated heterocycles. The predicted molar refractivity (Wildman–Crippen MR) is 150 cm³/mol. The summed E-state index contributed by atoms with van der Waals surface area (Å²) in [5, 5.41) is 0. The highest BCUT2D eigenvalue weighted by Gasteiger charge is 2.30. The minimum absolute atomic E-state index is 0.0493. The molecule has 5 heteroatoms. The number of amides is 1. The van der Waals surface area contributed by atoms with Crippen molar-refractivity contribution in [3.05, 3.63) is 101 Å². The standard InChI is InChI=1S/C32H38N4O/c1-24(2)22-36(32(37)25-13-5-3-6-14-25)30(31-33-28-17-9-10-18-29(28)34-31)21-26-15-7-8-16-27(26)23-35-19-11-4-12-20-35/h3,5-10,13-18,24,30H,4,11-12,19-23H2,1-2H3,(H,33,34). The van der Waals surface area contributed by atoms with E-state index in [2.05, 4.69) is 54.1 Å². The molecule has 192 valence electrons. The van der Waals surface area contributed by atoms with Gasteiger partial charge in [-0.25, -0.2) is 4.98 Å². The Hall–Kier alpha value is -3.44. The van der Waals surface area contributed by atoms with E-state index in [1.807, 2.05) is 53.4 Å². The Bertz CT molecular complexity index is 1270. The van der Waals surface area contributed by atoms with Crippen LogP contribution in [-0.4, -0.2) is 45.3 Å². The lowest BCUT2D eigenvalue weighted by atomic mass is 9.96.